The Labute approximate surface area is 173 Å². The number of benzene rings is 1. The summed E-state index contributed by atoms with van der Waals surface area (Å²) in [6, 6.07) is 8.75. The van der Waals surface area contributed by atoms with Crippen LogP contribution in [0.25, 0.3) is 10.3 Å². The van der Waals surface area contributed by atoms with Gasteiger partial charge in [0.15, 0.2) is 16.5 Å². The van der Waals surface area contributed by atoms with Crippen molar-refractivity contribution in [1.29, 1.82) is 0 Å². The molecule has 3 aromatic rings. The maximum absolute atomic E-state index is 12.8. The van der Waals surface area contributed by atoms with Gasteiger partial charge in [-0.1, -0.05) is 29.5 Å². The Balaban J connectivity index is 1.96. The molecule has 0 unspecified atom stereocenters. The lowest BCUT2D eigenvalue weighted by Gasteiger charge is -2.19. The molecule has 2 heterocycles. The zero-order valence-corrected chi connectivity index (χ0v) is 18.0. The molecule has 0 saturated heterocycles. The van der Waals surface area contributed by atoms with Crippen LogP contribution in [0.1, 0.15) is 48.5 Å². The monoisotopic (exact) mass is 415 g/mol. The van der Waals surface area contributed by atoms with Crippen molar-refractivity contribution in [3.05, 3.63) is 41.6 Å². The minimum atomic E-state index is -0.385. The molecule has 2 aromatic heterocycles. The molecule has 0 aliphatic rings. The highest BCUT2D eigenvalue weighted by Crippen LogP contribution is 2.32. The molecule has 29 heavy (non-hydrogen) atoms. The first-order chi connectivity index (χ1) is 13.7. The lowest BCUT2D eigenvalue weighted by Crippen LogP contribution is -2.36. The summed E-state index contributed by atoms with van der Waals surface area (Å²) in [4.78, 5) is 29.8. The van der Waals surface area contributed by atoms with Gasteiger partial charge in [0.1, 0.15) is 4.70 Å². The number of anilines is 1. The van der Waals surface area contributed by atoms with E-state index in [1.165, 1.54) is 11.3 Å². The van der Waals surface area contributed by atoms with Gasteiger partial charge >= 0.3 is 0 Å². The van der Waals surface area contributed by atoms with Crippen molar-refractivity contribution in [2.75, 3.05) is 19.0 Å². The predicted molar refractivity (Wildman–Crippen MR) is 114 cm³/mol. The number of thiazole rings is 1. The third-order valence-electron chi connectivity index (χ3n) is 4.13. The third-order valence-corrected chi connectivity index (χ3v) is 5.09. The van der Waals surface area contributed by atoms with E-state index in [1.807, 2.05) is 33.8 Å². The number of nitrogens with zero attached hydrogens (tertiary/aromatic N) is 3. The summed E-state index contributed by atoms with van der Waals surface area (Å²) in [5, 5.41) is 10.6. The van der Waals surface area contributed by atoms with Crippen LogP contribution in [0.15, 0.2) is 30.3 Å². The van der Waals surface area contributed by atoms with E-state index in [0.29, 0.717) is 27.6 Å². The van der Waals surface area contributed by atoms with Gasteiger partial charge < -0.3 is 10.1 Å². The van der Waals surface area contributed by atoms with Gasteiger partial charge in [-0.15, -0.1) is 0 Å². The number of nitrogens with one attached hydrogen (secondary N) is 2. The molecule has 3 rings (SSSR count). The van der Waals surface area contributed by atoms with E-state index < -0.39 is 0 Å². The summed E-state index contributed by atoms with van der Waals surface area (Å²) in [5.74, 6) is -0.552. The molecule has 0 aliphatic heterocycles. The van der Waals surface area contributed by atoms with Crippen molar-refractivity contribution in [2.45, 2.75) is 39.3 Å². The van der Waals surface area contributed by atoms with Crippen LogP contribution in [0.5, 0.6) is 0 Å². The van der Waals surface area contributed by atoms with Crippen LogP contribution in [0, 0.1) is 0 Å². The molecule has 2 N–H and O–H groups in total. The number of fused-ring (bicyclic) bond motifs is 1. The quantitative estimate of drug-likeness (QED) is 0.644. The van der Waals surface area contributed by atoms with E-state index in [4.69, 9.17) is 4.74 Å². The standard InChI is InChI=1S/C20H25N5O3S/c1-12(11-28-5)21-18(27)14-15-16(25(24-14)20(2,3)4)22-19(29-15)23-17(26)13-9-7-6-8-10-13/h6-10,12H,11H2,1-5H3,(H,21,27)(H,22,23,26)/t12-/m0/s1. The Hall–Kier alpha value is -2.78. The lowest BCUT2D eigenvalue weighted by atomic mass is 10.1. The number of methoxy groups -OCH3 is 1. The molecule has 2 amide bonds. The highest BCUT2D eigenvalue weighted by atomic mass is 32.1. The SMILES string of the molecule is COC[C@H](C)NC(=O)c1nn(C(C)(C)C)c2nc(NC(=O)c3ccccc3)sc12. The fraction of sp³-hybridized carbons (Fsp3) is 0.400. The van der Waals surface area contributed by atoms with Crippen molar-refractivity contribution in [3.8, 4) is 0 Å². The van der Waals surface area contributed by atoms with Gasteiger partial charge in [-0.05, 0) is 39.8 Å². The number of carbonyl (C=O) groups is 2. The molecule has 0 saturated carbocycles. The van der Waals surface area contributed by atoms with Gasteiger partial charge in [-0.2, -0.15) is 10.1 Å². The second kappa shape index (κ2) is 8.30. The van der Waals surface area contributed by atoms with Gasteiger partial charge in [-0.3, -0.25) is 14.9 Å². The van der Waals surface area contributed by atoms with Crippen LogP contribution in [-0.2, 0) is 10.3 Å². The van der Waals surface area contributed by atoms with Gasteiger partial charge in [0, 0.05) is 18.7 Å². The van der Waals surface area contributed by atoms with Gasteiger partial charge in [0.2, 0.25) is 0 Å². The maximum atomic E-state index is 12.8. The number of hydrogen-bond donors (Lipinski definition) is 2. The zero-order valence-electron chi connectivity index (χ0n) is 17.1. The summed E-state index contributed by atoms with van der Waals surface area (Å²) in [7, 11) is 1.58. The van der Waals surface area contributed by atoms with Crippen LogP contribution in [-0.4, -0.2) is 46.3 Å². The van der Waals surface area contributed by atoms with Crippen LogP contribution in [0.4, 0.5) is 5.13 Å². The summed E-state index contributed by atoms with van der Waals surface area (Å²) < 4.78 is 7.42. The van der Waals surface area contributed by atoms with E-state index in [-0.39, 0.29) is 29.1 Å². The molecular weight excluding hydrogens is 390 g/mol. The van der Waals surface area contributed by atoms with E-state index in [0.717, 1.165) is 0 Å². The maximum Gasteiger partial charge on any atom is 0.273 e. The second-order valence-electron chi connectivity index (χ2n) is 7.75. The predicted octanol–water partition coefficient (Wildman–Crippen LogP) is 3.26. The van der Waals surface area contributed by atoms with Crippen molar-refractivity contribution in [1.82, 2.24) is 20.1 Å². The third kappa shape index (κ3) is 4.63. The van der Waals surface area contributed by atoms with Crippen molar-refractivity contribution in [2.24, 2.45) is 0 Å². The topological polar surface area (TPSA) is 98.1 Å². The fourth-order valence-electron chi connectivity index (χ4n) is 2.81. The Bertz CT molecular complexity index is 1020. The average Bonchev–Trinajstić information content (AvgIpc) is 3.20. The first-order valence-corrected chi connectivity index (χ1v) is 10.1. The van der Waals surface area contributed by atoms with Crippen molar-refractivity contribution < 1.29 is 14.3 Å². The highest BCUT2D eigenvalue weighted by Gasteiger charge is 2.27. The van der Waals surface area contributed by atoms with Crippen LogP contribution in [0.3, 0.4) is 0 Å². The summed E-state index contributed by atoms with van der Waals surface area (Å²) in [6.45, 7) is 8.20. The largest absolute Gasteiger partial charge is 0.383 e. The molecule has 9 heteroatoms. The number of aromatic nitrogens is 3. The molecule has 1 aromatic carbocycles. The minimum absolute atomic E-state index is 0.160. The van der Waals surface area contributed by atoms with Gasteiger partial charge in [0.05, 0.1) is 12.1 Å². The van der Waals surface area contributed by atoms with E-state index in [9.17, 15) is 9.59 Å². The van der Waals surface area contributed by atoms with E-state index in [2.05, 4.69) is 20.7 Å². The Morgan fingerprint density at radius 1 is 1.21 bits per heavy atom. The number of hydrogen-bond acceptors (Lipinski definition) is 6. The normalized spacial score (nSPS) is 12.7. The average molecular weight is 416 g/mol. The Kier molecular flexibility index (Phi) is 5.99. The van der Waals surface area contributed by atoms with Crippen molar-refractivity contribution >= 4 is 38.6 Å². The number of amides is 2. The first kappa shape index (κ1) is 20.9. The van der Waals surface area contributed by atoms with E-state index >= 15 is 0 Å². The second-order valence-corrected chi connectivity index (χ2v) is 8.75. The summed E-state index contributed by atoms with van der Waals surface area (Å²) in [6.07, 6.45) is 0. The van der Waals surface area contributed by atoms with E-state index in [1.54, 1.807) is 36.1 Å². The molecule has 8 nitrogen and oxygen atoms in total. The smallest absolute Gasteiger partial charge is 0.273 e. The zero-order chi connectivity index (χ0) is 21.2. The Morgan fingerprint density at radius 2 is 1.90 bits per heavy atom. The van der Waals surface area contributed by atoms with Crippen molar-refractivity contribution in [3.63, 3.8) is 0 Å². The molecule has 0 fully saturated rings. The van der Waals surface area contributed by atoms with Gasteiger partial charge in [-0.25, -0.2) is 4.68 Å². The molecular formula is C20H25N5O3S. The summed E-state index contributed by atoms with van der Waals surface area (Å²) >= 11 is 1.23. The molecule has 0 bridgehead atoms. The molecule has 0 spiro atoms. The highest BCUT2D eigenvalue weighted by molar-refractivity contribution is 7.22. The first-order valence-electron chi connectivity index (χ1n) is 9.27. The molecule has 154 valence electrons. The number of rotatable bonds is 6. The number of carbonyl (C=O) groups excluding carboxylic acids is 2. The van der Waals surface area contributed by atoms with Crippen LogP contribution >= 0.6 is 11.3 Å². The fourth-order valence-corrected chi connectivity index (χ4v) is 3.74. The summed E-state index contributed by atoms with van der Waals surface area (Å²) in [5.41, 5.74) is 1.01. The van der Waals surface area contributed by atoms with Gasteiger partial charge in [0.25, 0.3) is 11.8 Å². The molecule has 1 atom stereocenters. The van der Waals surface area contributed by atoms with Crippen LogP contribution in [0.2, 0.25) is 0 Å². The Morgan fingerprint density at radius 3 is 2.52 bits per heavy atom. The number of ether oxygens (including phenoxy) is 1. The lowest BCUT2D eigenvalue weighted by molar-refractivity contribution is 0.0900. The minimum Gasteiger partial charge on any atom is -0.383 e. The van der Waals surface area contributed by atoms with Crippen LogP contribution < -0.4 is 10.6 Å². The molecule has 0 aliphatic carbocycles. The molecule has 0 radical (unpaired) electrons.